The van der Waals surface area contributed by atoms with Crippen molar-refractivity contribution >= 4 is 27.5 Å². The number of phenolic OH excluding ortho intramolecular Hbond substituents is 1. The van der Waals surface area contributed by atoms with Crippen LogP contribution in [0.3, 0.4) is 0 Å². The largest absolute Gasteiger partial charge is 0.508 e. The summed E-state index contributed by atoms with van der Waals surface area (Å²) < 4.78 is 22.7. The van der Waals surface area contributed by atoms with Crippen molar-refractivity contribution in [2.75, 3.05) is 45.2 Å². The minimum Gasteiger partial charge on any atom is -0.508 e. The van der Waals surface area contributed by atoms with Gasteiger partial charge >= 0.3 is 6.01 Å². The smallest absolute Gasteiger partial charge is 0.318 e. The molecule has 2 saturated heterocycles. The van der Waals surface area contributed by atoms with Gasteiger partial charge < -0.3 is 29.5 Å². The number of hydrogen-bond donors (Lipinski definition) is 2. The van der Waals surface area contributed by atoms with E-state index >= 15 is 0 Å². The molecule has 3 fully saturated rings. The van der Waals surface area contributed by atoms with Crippen LogP contribution in [0.15, 0.2) is 35.1 Å². The highest BCUT2D eigenvalue weighted by molar-refractivity contribution is 6.02. The monoisotopic (exact) mass is 582 g/mol. The van der Waals surface area contributed by atoms with Gasteiger partial charge in [0, 0.05) is 55.1 Å². The van der Waals surface area contributed by atoms with Crippen molar-refractivity contribution in [3.8, 4) is 35.4 Å². The summed E-state index contributed by atoms with van der Waals surface area (Å²) in [7, 11) is 5.78. The molecule has 2 aliphatic heterocycles. The van der Waals surface area contributed by atoms with E-state index in [0.717, 1.165) is 45.3 Å². The highest BCUT2D eigenvalue weighted by atomic mass is 19.1. The lowest BCUT2D eigenvalue weighted by atomic mass is 9.95. The average molecular weight is 583 g/mol. The molecule has 43 heavy (non-hydrogen) atoms. The van der Waals surface area contributed by atoms with Gasteiger partial charge in [-0.05, 0) is 69.4 Å². The summed E-state index contributed by atoms with van der Waals surface area (Å²) in [5, 5.41) is 15.7. The second-order valence-electron chi connectivity index (χ2n) is 12.7. The zero-order valence-electron chi connectivity index (χ0n) is 24.7. The fraction of sp³-hybridized carbons (Fsp3) is 0.424. The number of nitrogens with zero attached hydrogens (tertiary/aromatic N) is 5. The third-order valence-electron chi connectivity index (χ3n) is 9.15. The molecule has 0 spiro atoms. The second kappa shape index (κ2) is 10.2. The van der Waals surface area contributed by atoms with Crippen molar-refractivity contribution < 1.29 is 14.2 Å². The Morgan fingerprint density at radius 2 is 1.91 bits per heavy atom. The van der Waals surface area contributed by atoms with E-state index in [-0.39, 0.29) is 28.3 Å². The number of terminal acetylenes is 1. The van der Waals surface area contributed by atoms with Crippen LogP contribution in [-0.4, -0.2) is 77.0 Å². The molecule has 1 aliphatic carbocycles. The van der Waals surface area contributed by atoms with Crippen molar-refractivity contribution in [1.29, 1.82) is 0 Å². The Labute approximate surface area is 249 Å². The van der Waals surface area contributed by atoms with E-state index in [0.29, 0.717) is 57.4 Å². The molecule has 0 amide bonds. The first-order valence-electron chi connectivity index (χ1n) is 14.8. The normalized spacial score (nSPS) is 20.6. The van der Waals surface area contributed by atoms with Gasteiger partial charge in [0.2, 0.25) is 0 Å². The molecular formula is C33H35FN6O3. The third kappa shape index (κ3) is 4.86. The summed E-state index contributed by atoms with van der Waals surface area (Å²) >= 11 is 0. The molecule has 4 aromatic rings. The molecule has 2 bridgehead atoms. The highest BCUT2D eigenvalue weighted by Crippen LogP contribution is 2.46. The number of nitrogens with one attached hydrogen (secondary N) is 1. The number of anilines is 1. The standard InChI is InChI=1S/C33H35FN6O3/c1-5-23-25(34)9-6-19-12-22(41)13-24(28(19)23)27-14-26-29(31(42)39(27)4)30(40-15-20-7-8-21(16-40)35-20)37-32(36-26)43-18-33(10-11-33)17-38(2)3/h1,6,9,12-14,20-21,35,41H,7-8,10-11,15-18H2,2-4H3. The zero-order chi connectivity index (χ0) is 30.0. The van der Waals surface area contributed by atoms with Gasteiger partial charge in [-0.2, -0.15) is 9.97 Å². The van der Waals surface area contributed by atoms with E-state index in [1.807, 2.05) is 0 Å². The molecule has 2 aromatic carbocycles. The van der Waals surface area contributed by atoms with Gasteiger partial charge in [0.1, 0.15) is 22.8 Å². The predicted octanol–water partition coefficient (Wildman–Crippen LogP) is 3.64. The number of rotatable bonds is 7. The molecule has 3 aliphatic rings. The van der Waals surface area contributed by atoms with Crippen molar-refractivity contribution in [3.63, 3.8) is 0 Å². The van der Waals surface area contributed by atoms with E-state index in [9.17, 15) is 14.3 Å². The molecular weight excluding hydrogens is 547 g/mol. The average Bonchev–Trinajstić information content (AvgIpc) is 3.66. The van der Waals surface area contributed by atoms with E-state index < -0.39 is 5.82 Å². The van der Waals surface area contributed by atoms with Crippen molar-refractivity contribution in [2.45, 2.75) is 37.8 Å². The minimum absolute atomic E-state index is 0.0241. The first-order valence-corrected chi connectivity index (χ1v) is 14.8. The van der Waals surface area contributed by atoms with Gasteiger partial charge in [-0.25, -0.2) is 4.39 Å². The summed E-state index contributed by atoms with van der Waals surface area (Å²) in [6, 6.07) is 8.59. The highest BCUT2D eigenvalue weighted by Gasteiger charge is 2.44. The number of phenols is 1. The van der Waals surface area contributed by atoms with Crippen LogP contribution in [0.4, 0.5) is 10.2 Å². The van der Waals surface area contributed by atoms with Crippen molar-refractivity contribution in [1.82, 2.24) is 24.8 Å². The van der Waals surface area contributed by atoms with E-state index in [1.54, 1.807) is 19.2 Å². The number of fused-ring (bicyclic) bond motifs is 4. The number of aromatic nitrogens is 3. The molecule has 4 heterocycles. The Kier molecular flexibility index (Phi) is 6.56. The number of halogens is 1. The van der Waals surface area contributed by atoms with Crippen LogP contribution in [0.1, 0.15) is 31.2 Å². The topological polar surface area (TPSA) is 95.8 Å². The van der Waals surface area contributed by atoms with Gasteiger partial charge in [0.15, 0.2) is 0 Å². The zero-order valence-corrected chi connectivity index (χ0v) is 24.7. The molecule has 9 nitrogen and oxygen atoms in total. The predicted molar refractivity (Wildman–Crippen MR) is 165 cm³/mol. The van der Waals surface area contributed by atoms with E-state index in [4.69, 9.17) is 21.1 Å². The quantitative estimate of drug-likeness (QED) is 0.319. The molecule has 2 unspecified atom stereocenters. The summed E-state index contributed by atoms with van der Waals surface area (Å²) in [4.78, 5) is 28.2. The number of aromatic hydroxyl groups is 1. The van der Waals surface area contributed by atoms with Crippen molar-refractivity contribution in [3.05, 3.63) is 52.1 Å². The molecule has 1 saturated carbocycles. The molecule has 7 rings (SSSR count). The fourth-order valence-electron chi connectivity index (χ4n) is 6.96. The molecule has 2 aromatic heterocycles. The van der Waals surface area contributed by atoms with E-state index in [1.165, 1.54) is 22.8 Å². The summed E-state index contributed by atoms with van der Waals surface area (Å²) in [6.07, 6.45) is 10.1. The Morgan fingerprint density at radius 3 is 2.58 bits per heavy atom. The third-order valence-corrected chi connectivity index (χ3v) is 9.15. The molecule has 0 radical (unpaired) electrons. The Balaban J connectivity index is 1.42. The van der Waals surface area contributed by atoms with Gasteiger partial charge in [-0.15, -0.1) is 6.42 Å². The number of benzene rings is 2. The SMILES string of the molecule is C#Cc1c(F)ccc2cc(O)cc(-c3cc4nc(OCC5(CN(C)C)CC5)nc(N5CC6CCC(C5)N6)c4c(=O)n3C)c12. The molecule has 2 atom stereocenters. The van der Waals surface area contributed by atoms with Crippen molar-refractivity contribution in [2.24, 2.45) is 12.5 Å². The van der Waals surface area contributed by atoms with Crippen LogP contribution in [0.2, 0.25) is 0 Å². The maximum Gasteiger partial charge on any atom is 0.318 e. The van der Waals surface area contributed by atoms with Crippen LogP contribution in [0.5, 0.6) is 11.8 Å². The summed E-state index contributed by atoms with van der Waals surface area (Å²) in [6.45, 7) is 2.87. The first-order chi connectivity index (χ1) is 20.6. The summed E-state index contributed by atoms with van der Waals surface area (Å²) in [5.41, 5.74) is 1.17. The van der Waals surface area contributed by atoms with Gasteiger partial charge in [-0.3, -0.25) is 4.79 Å². The number of ether oxygens (including phenoxy) is 1. The maximum absolute atomic E-state index is 14.9. The van der Waals surface area contributed by atoms with Gasteiger partial charge in [-0.1, -0.05) is 12.0 Å². The first kappa shape index (κ1) is 27.6. The van der Waals surface area contributed by atoms with Gasteiger partial charge in [0.25, 0.3) is 5.56 Å². The van der Waals surface area contributed by atoms with Crippen LogP contribution in [-0.2, 0) is 7.05 Å². The lowest BCUT2D eigenvalue weighted by Gasteiger charge is -2.34. The Bertz CT molecular complexity index is 1860. The van der Waals surface area contributed by atoms with Gasteiger partial charge in [0.05, 0.1) is 23.4 Å². The van der Waals surface area contributed by atoms with Crippen LogP contribution in [0.25, 0.3) is 32.9 Å². The molecule has 10 heteroatoms. The maximum atomic E-state index is 14.9. The lowest BCUT2D eigenvalue weighted by Crippen LogP contribution is -2.51. The molecule has 222 valence electrons. The number of pyridine rings is 1. The number of piperazine rings is 1. The Morgan fingerprint density at radius 1 is 1.16 bits per heavy atom. The Hall–Kier alpha value is -4.20. The lowest BCUT2D eigenvalue weighted by molar-refractivity contribution is 0.183. The van der Waals surface area contributed by atoms with Crippen LogP contribution >= 0.6 is 0 Å². The minimum atomic E-state index is -0.548. The van der Waals surface area contributed by atoms with E-state index in [2.05, 4.69) is 35.1 Å². The van der Waals surface area contributed by atoms with Crippen LogP contribution < -0.4 is 20.5 Å². The fourth-order valence-corrected chi connectivity index (χ4v) is 6.96. The second-order valence-corrected chi connectivity index (χ2v) is 12.7. The number of hydrogen-bond acceptors (Lipinski definition) is 8. The molecule has 2 N–H and O–H groups in total. The van der Waals surface area contributed by atoms with Crippen LogP contribution in [0, 0.1) is 23.6 Å². The summed E-state index contributed by atoms with van der Waals surface area (Å²) in [5.74, 6) is 2.46.